The Kier molecular flexibility index (Phi) is 3.54. The highest BCUT2D eigenvalue weighted by Gasteiger charge is 2.44. The van der Waals surface area contributed by atoms with Crippen LogP contribution in [0, 0.1) is 6.92 Å². The third-order valence-electron chi connectivity index (χ3n) is 4.70. The number of hydrogen-bond acceptors (Lipinski definition) is 4. The lowest BCUT2D eigenvalue weighted by Crippen LogP contribution is -2.62. The van der Waals surface area contributed by atoms with Gasteiger partial charge in [-0.1, -0.05) is 12.1 Å². The van der Waals surface area contributed by atoms with Gasteiger partial charge >= 0.3 is 0 Å². The largest absolute Gasteiger partial charge is 0.331 e. The molecule has 2 N–H and O–H groups in total. The van der Waals surface area contributed by atoms with Crippen molar-refractivity contribution in [3.63, 3.8) is 0 Å². The van der Waals surface area contributed by atoms with E-state index in [1.807, 2.05) is 42.9 Å². The van der Waals surface area contributed by atoms with Gasteiger partial charge < -0.3 is 15.2 Å². The maximum atomic E-state index is 14.1. The molecule has 1 amide bonds. The number of pyridine rings is 1. The second-order valence-electron chi connectivity index (χ2n) is 6.40. The number of anilines is 1. The van der Waals surface area contributed by atoms with Crippen molar-refractivity contribution in [2.75, 3.05) is 18.4 Å². The number of aryl methyl sites for hydroxylation is 1. The number of halogens is 1. The number of rotatable bonds is 3. The lowest BCUT2D eigenvalue weighted by Gasteiger charge is -2.32. The van der Waals surface area contributed by atoms with Gasteiger partial charge in [-0.05, 0) is 24.4 Å². The molecule has 1 aromatic carbocycles. The molecule has 0 saturated carbocycles. The van der Waals surface area contributed by atoms with Crippen LogP contribution in [0.15, 0.2) is 36.7 Å². The summed E-state index contributed by atoms with van der Waals surface area (Å²) in [7, 11) is 1.97. The summed E-state index contributed by atoms with van der Waals surface area (Å²) >= 11 is 0. The van der Waals surface area contributed by atoms with Gasteiger partial charge in [0, 0.05) is 37.3 Å². The number of imidazole rings is 1. The van der Waals surface area contributed by atoms with Crippen molar-refractivity contribution < 1.29 is 9.18 Å². The van der Waals surface area contributed by atoms with Crippen molar-refractivity contribution in [2.24, 2.45) is 7.05 Å². The molecule has 128 valence electrons. The Labute approximate surface area is 144 Å². The van der Waals surface area contributed by atoms with E-state index in [0.717, 1.165) is 27.9 Å². The van der Waals surface area contributed by atoms with E-state index in [1.165, 1.54) is 0 Å². The van der Waals surface area contributed by atoms with Gasteiger partial charge in [0.05, 0.1) is 11.9 Å². The monoisotopic (exact) mass is 339 g/mol. The Balaban J connectivity index is 1.67. The fourth-order valence-electron chi connectivity index (χ4n) is 2.87. The van der Waals surface area contributed by atoms with E-state index in [2.05, 4.69) is 20.6 Å². The quantitative estimate of drug-likeness (QED) is 0.767. The molecule has 3 aromatic rings. The van der Waals surface area contributed by atoms with Crippen molar-refractivity contribution in [3.8, 4) is 11.3 Å². The molecule has 0 spiro atoms. The van der Waals surface area contributed by atoms with E-state index in [0.29, 0.717) is 5.82 Å². The van der Waals surface area contributed by atoms with E-state index in [-0.39, 0.29) is 13.1 Å². The van der Waals surface area contributed by atoms with Crippen LogP contribution in [0.1, 0.15) is 5.82 Å². The molecule has 1 saturated heterocycles. The first-order valence-corrected chi connectivity index (χ1v) is 8.06. The topological polar surface area (TPSA) is 71.8 Å². The van der Waals surface area contributed by atoms with E-state index in [1.54, 1.807) is 12.3 Å². The van der Waals surface area contributed by atoms with Crippen LogP contribution >= 0.6 is 0 Å². The Hall–Kier alpha value is -2.80. The van der Waals surface area contributed by atoms with Crippen LogP contribution in [-0.4, -0.2) is 39.2 Å². The van der Waals surface area contributed by atoms with Gasteiger partial charge in [0.1, 0.15) is 11.6 Å². The molecule has 0 bridgehead atoms. The van der Waals surface area contributed by atoms with E-state index in [4.69, 9.17) is 0 Å². The Bertz CT molecular complexity index is 977. The van der Waals surface area contributed by atoms with Crippen LogP contribution in [0.3, 0.4) is 0 Å². The summed E-state index contributed by atoms with van der Waals surface area (Å²) in [5, 5.41) is 7.20. The van der Waals surface area contributed by atoms with Crippen molar-refractivity contribution >= 4 is 22.5 Å². The van der Waals surface area contributed by atoms with Gasteiger partial charge in [0.25, 0.3) is 5.91 Å². The zero-order chi connectivity index (χ0) is 17.6. The number of nitrogens with one attached hydrogen (secondary N) is 2. The minimum Gasteiger partial charge on any atom is -0.331 e. The molecule has 0 radical (unpaired) electrons. The first kappa shape index (κ1) is 15.7. The Morgan fingerprint density at radius 1 is 1.24 bits per heavy atom. The standard InChI is InChI=1S/C18H18FN5O/c1-11-21-8-15(24(11)2)12-3-4-13-7-22-16(6-14(13)5-12)23-17(25)18(19)9-20-10-18/h3-8,20H,9-10H2,1-2H3,(H,22,23,25). The number of fused-ring (bicyclic) bond motifs is 1. The first-order chi connectivity index (χ1) is 12.0. The average molecular weight is 339 g/mol. The zero-order valence-corrected chi connectivity index (χ0v) is 14.0. The van der Waals surface area contributed by atoms with Crippen LogP contribution in [0.4, 0.5) is 10.2 Å². The molecule has 1 aliphatic heterocycles. The predicted octanol–water partition coefficient (Wildman–Crippen LogP) is 2.19. The Morgan fingerprint density at radius 3 is 2.68 bits per heavy atom. The predicted molar refractivity (Wildman–Crippen MR) is 94.0 cm³/mol. The van der Waals surface area contributed by atoms with Crippen LogP contribution in [-0.2, 0) is 11.8 Å². The minimum atomic E-state index is -1.84. The fraction of sp³-hybridized carbons (Fsp3) is 0.278. The molecular formula is C18H18FN5O. The number of aromatic nitrogens is 3. The number of nitrogens with zero attached hydrogens (tertiary/aromatic N) is 3. The second kappa shape index (κ2) is 5.63. The number of carbonyl (C=O) groups excluding carboxylic acids is 1. The smallest absolute Gasteiger partial charge is 0.265 e. The van der Waals surface area contributed by atoms with Crippen molar-refractivity contribution in [3.05, 3.63) is 42.5 Å². The molecule has 1 fully saturated rings. The molecule has 4 rings (SSSR count). The first-order valence-electron chi connectivity index (χ1n) is 8.06. The average Bonchev–Trinajstić information content (AvgIpc) is 2.91. The number of amides is 1. The number of alkyl halides is 1. The van der Waals surface area contributed by atoms with Crippen LogP contribution in [0.5, 0.6) is 0 Å². The maximum absolute atomic E-state index is 14.1. The normalized spacial score (nSPS) is 15.8. The van der Waals surface area contributed by atoms with E-state index < -0.39 is 11.6 Å². The summed E-state index contributed by atoms with van der Waals surface area (Å²) in [4.78, 5) is 20.5. The van der Waals surface area contributed by atoms with Gasteiger partial charge in [-0.25, -0.2) is 14.4 Å². The number of hydrogen-bond donors (Lipinski definition) is 2. The van der Waals surface area contributed by atoms with Crippen LogP contribution < -0.4 is 10.6 Å². The molecule has 0 unspecified atom stereocenters. The second-order valence-corrected chi connectivity index (χ2v) is 6.40. The van der Waals surface area contributed by atoms with Gasteiger partial charge in [0.15, 0.2) is 0 Å². The highest BCUT2D eigenvalue weighted by Crippen LogP contribution is 2.26. The van der Waals surface area contributed by atoms with Gasteiger partial charge in [-0.2, -0.15) is 0 Å². The third kappa shape index (κ3) is 2.66. The van der Waals surface area contributed by atoms with Gasteiger partial charge in [-0.3, -0.25) is 4.79 Å². The molecule has 2 aromatic heterocycles. The molecule has 3 heterocycles. The highest BCUT2D eigenvalue weighted by atomic mass is 19.1. The van der Waals surface area contributed by atoms with Crippen molar-refractivity contribution in [1.82, 2.24) is 19.9 Å². The molecule has 6 nitrogen and oxygen atoms in total. The molecule has 0 atom stereocenters. The molecule has 0 aliphatic carbocycles. The summed E-state index contributed by atoms with van der Waals surface area (Å²) in [6, 6.07) is 7.75. The summed E-state index contributed by atoms with van der Waals surface area (Å²) in [6.07, 6.45) is 3.50. The summed E-state index contributed by atoms with van der Waals surface area (Å²) in [5.74, 6) is 0.622. The summed E-state index contributed by atoms with van der Waals surface area (Å²) < 4.78 is 16.1. The van der Waals surface area contributed by atoms with Crippen LogP contribution in [0.2, 0.25) is 0 Å². The van der Waals surface area contributed by atoms with Crippen molar-refractivity contribution in [1.29, 1.82) is 0 Å². The van der Waals surface area contributed by atoms with Gasteiger partial charge in [-0.15, -0.1) is 0 Å². The van der Waals surface area contributed by atoms with Gasteiger partial charge in [0.2, 0.25) is 5.67 Å². The summed E-state index contributed by atoms with van der Waals surface area (Å²) in [5.41, 5.74) is 0.180. The maximum Gasteiger partial charge on any atom is 0.265 e. The van der Waals surface area contributed by atoms with E-state index in [9.17, 15) is 9.18 Å². The fourth-order valence-corrected chi connectivity index (χ4v) is 2.87. The number of benzene rings is 1. The summed E-state index contributed by atoms with van der Waals surface area (Å²) in [6.45, 7) is 2.02. The van der Waals surface area contributed by atoms with E-state index >= 15 is 0 Å². The number of carbonyl (C=O) groups is 1. The Morgan fingerprint density at radius 2 is 2.04 bits per heavy atom. The molecule has 1 aliphatic rings. The lowest BCUT2D eigenvalue weighted by molar-refractivity contribution is -0.130. The van der Waals surface area contributed by atoms with Crippen molar-refractivity contribution in [2.45, 2.75) is 12.6 Å². The molecule has 25 heavy (non-hydrogen) atoms. The molecule has 7 heteroatoms. The lowest BCUT2D eigenvalue weighted by atomic mass is 9.98. The zero-order valence-electron chi connectivity index (χ0n) is 14.0. The minimum absolute atomic E-state index is 0.0381. The highest BCUT2D eigenvalue weighted by molar-refractivity contribution is 5.99. The molecular weight excluding hydrogens is 321 g/mol. The SMILES string of the molecule is Cc1ncc(-c2ccc3cnc(NC(=O)C4(F)CNC4)cc3c2)n1C. The third-order valence-corrected chi connectivity index (χ3v) is 4.70. The van der Waals surface area contributed by atoms with Crippen LogP contribution in [0.25, 0.3) is 22.0 Å².